The first-order valence-electron chi connectivity index (χ1n) is 11.3. The summed E-state index contributed by atoms with van der Waals surface area (Å²) in [7, 11) is 0. The molecule has 0 saturated carbocycles. The van der Waals surface area contributed by atoms with Gasteiger partial charge >= 0.3 is 0 Å². The molecule has 0 spiro atoms. The normalized spacial score (nSPS) is 11.7. The Kier molecular flexibility index (Phi) is 10.3. The maximum atomic E-state index is 13.7. The van der Waals surface area contributed by atoms with Gasteiger partial charge in [0.25, 0.3) is 0 Å². The van der Waals surface area contributed by atoms with Gasteiger partial charge in [0.05, 0.1) is 16.5 Å². The lowest BCUT2D eigenvalue weighted by Gasteiger charge is -2.32. The predicted molar refractivity (Wildman–Crippen MR) is 144 cm³/mol. The van der Waals surface area contributed by atoms with Crippen LogP contribution in [0, 0.1) is 0 Å². The summed E-state index contributed by atoms with van der Waals surface area (Å²) in [6, 6.07) is 19.1. The molecule has 3 rings (SSSR count). The number of halogens is 4. The summed E-state index contributed by atoms with van der Waals surface area (Å²) in [5.41, 5.74) is 2.34. The van der Waals surface area contributed by atoms with Gasteiger partial charge in [0.15, 0.2) is 0 Å². The molecule has 1 unspecified atom stereocenters. The van der Waals surface area contributed by atoms with Crippen molar-refractivity contribution in [2.45, 2.75) is 38.8 Å². The molecule has 0 saturated heterocycles. The number of hydrogen-bond acceptors (Lipinski definition) is 2. The fraction of sp³-hybridized carbons (Fsp3) is 0.259. The minimum absolute atomic E-state index is 0.0175. The first-order valence-corrected chi connectivity index (χ1v) is 12.8. The minimum atomic E-state index is -0.739. The molecule has 0 aliphatic rings. The number of nitrogens with one attached hydrogen (secondary N) is 1. The van der Waals surface area contributed by atoms with Gasteiger partial charge < -0.3 is 10.2 Å². The molecule has 0 radical (unpaired) electrons. The molecule has 2 amide bonds. The van der Waals surface area contributed by atoms with Crippen molar-refractivity contribution in [2.75, 3.05) is 6.54 Å². The molecule has 0 bridgehead atoms. The third-order valence-corrected chi connectivity index (χ3v) is 6.84. The average Bonchev–Trinajstić information content (AvgIpc) is 2.84. The molecule has 184 valence electrons. The van der Waals surface area contributed by atoms with E-state index in [9.17, 15) is 9.59 Å². The Labute approximate surface area is 226 Å². The molecule has 1 N–H and O–H groups in total. The van der Waals surface area contributed by atoms with Gasteiger partial charge in [-0.3, -0.25) is 9.59 Å². The van der Waals surface area contributed by atoms with Crippen LogP contribution in [0.2, 0.25) is 20.1 Å². The number of rotatable bonds is 10. The second kappa shape index (κ2) is 13.2. The summed E-state index contributed by atoms with van der Waals surface area (Å²) in [6.45, 7) is 2.67. The Morgan fingerprint density at radius 3 is 2.26 bits per heavy atom. The van der Waals surface area contributed by atoms with Crippen molar-refractivity contribution in [3.8, 4) is 0 Å². The second-order valence-corrected chi connectivity index (χ2v) is 9.84. The summed E-state index contributed by atoms with van der Waals surface area (Å²) < 4.78 is 0. The van der Waals surface area contributed by atoms with Crippen LogP contribution in [0.3, 0.4) is 0 Å². The van der Waals surface area contributed by atoms with E-state index in [0.29, 0.717) is 38.6 Å². The Bertz CT molecular complexity index is 1170. The monoisotopic (exact) mass is 550 g/mol. The quantitative estimate of drug-likeness (QED) is 0.294. The summed E-state index contributed by atoms with van der Waals surface area (Å²) in [5.74, 6) is -0.459. The van der Waals surface area contributed by atoms with Gasteiger partial charge in [0, 0.05) is 29.6 Å². The molecule has 1 atom stereocenters. The number of carbonyl (C=O) groups excluding carboxylic acids is 2. The van der Waals surface area contributed by atoms with E-state index in [-0.39, 0.29) is 24.8 Å². The number of carbonyl (C=O) groups is 2. The molecular weight excluding hydrogens is 526 g/mol. The molecule has 3 aromatic carbocycles. The van der Waals surface area contributed by atoms with Gasteiger partial charge in [-0.1, -0.05) is 95.8 Å². The van der Waals surface area contributed by atoms with Gasteiger partial charge in [0.2, 0.25) is 11.8 Å². The van der Waals surface area contributed by atoms with Crippen molar-refractivity contribution < 1.29 is 9.59 Å². The van der Waals surface area contributed by atoms with Crippen LogP contribution in [0.15, 0.2) is 66.7 Å². The van der Waals surface area contributed by atoms with Crippen LogP contribution in [0.4, 0.5) is 0 Å². The Hall–Kier alpha value is -2.24. The number of benzene rings is 3. The maximum Gasteiger partial charge on any atom is 0.243 e. The largest absolute Gasteiger partial charge is 0.354 e. The van der Waals surface area contributed by atoms with E-state index in [0.717, 1.165) is 17.5 Å². The zero-order valence-electron chi connectivity index (χ0n) is 19.2. The van der Waals surface area contributed by atoms with E-state index in [4.69, 9.17) is 46.4 Å². The number of amides is 2. The first kappa shape index (κ1) is 27.3. The zero-order chi connectivity index (χ0) is 25.4. The summed E-state index contributed by atoms with van der Waals surface area (Å²) in [4.78, 5) is 28.6. The molecular formula is C27H26Cl4N2O2. The lowest BCUT2D eigenvalue weighted by Crippen LogP contribution is -2.51. The molecule has 4 nitrogen and oxygen atoms in total. The van der Waals surface area contributed by atoms with Crippen molar-refractivity contribution >= 4 is 58.2 Å². The lowest BCUT2D eigenvalue weighted by atomic mass is 10.0. The fourth-order valence-corrected chi connectivity index (χ4v) is 4.48. The van der Waals surface area contributed by atoms with Crippen LogP contribution >= 0.6 is 46.4 Å². The predicted octanol–water partition coefficient (Wildman–Crippen LogP) is 7.01. The third kappa shape index (κ3) is 7.88. The molecule has 0 heterocycles. The second-order valence-electron chi connectivity index (χ2n) is 8.18. The van der Waals surface area contributed by atoms with Gasteiger partial charge in [-0.15, -0.1) is 0 Å². The fourth-order valence-electron chi connectivity index (χ4n) is 3.68. The first-order chi connectivity index (χ1) is 16.8. The van der Waals surface area contributed by atoms with Gasteiger partial charge in [-0.25, -0.2) is 0 Å². The summed E-state index contributed by atoms with van der Waals surface area (Å²) in [6.07, 6.45) is 1.16. The van der Waals surface area contributed by atoms with Crippen molar-refractivity contribution in [3.05, 3.63) is 104 Å². The highest BCUT2D eigenvalue weighted by Crippen LogP contribution is 2.26. The van der Waals surface area contributed by atoms with Crippen LogP contribution in [-0.2, 0) is 29.0 Å². The van der Waals surface area contributed by atoms with Crippen molar-refractivity contribution in [1.29, 1.82) is 0 Å². The molecule has 3 aromatic rings. The van der Waals surface area contributed by atoms with Crippen molar-refractivity contribution in [3.63, 3.8) is 0 Å². The molecule has 0 fully saturated rings. The van der Waals surface area contributed by atoms with Gasteiger partial charge in [-0.2, -0.15) is 0 Å². The molecule has 0 aliphatic carbocycles. The van der Waals surface area contributed by atoms with Gasteiger partial charge in [-0.05, 0) is 47.4 Å². The molecule has 0 aliphatic heterocycles. The van der Waals surface area contributed by atoms with E-state index >= 15 is 0 Å². The van der Waals surface area contributed by atoms with E-state index in [1.54, 1.807) is 41.3 Å². The van der Waals surface area contributed by atoms with Crippen LogP contribution in [0.1, 0.15) is 30.0 Å². The summed E-state index contributed by atoms with van der Waals surface area (Å²) in [5, 5.41) is 4.64. The highest BCUT2D eigenvalue weighted by atomic mass is 35.5. The molecule has 35 heavy (non-hydrogen) atoms. The van der Waals surface area contributed by atoms with Crippen LogP contribution < -0.4 is 5.32 Å². The Balaban J connectivity index is 1.99. The Morgan fingerprint density at radius 2 is 1.60 bits per heavy atom. The highest BCUT2D eigenvalue weighted by Gasteiger charge is 2.30. The smallest absolute Gasteiger partial charge is 0.243 e. The molecule has 8 heteroatoms. The standard InChI is InChI=1S/C27H26Cl4N2O2/c1-2-12-32-27(35)25(14-18-6-4-3-5-7-18)33(17-19-8-11-22(29)24(31)13-19)26(34)15-20-9-10-21(28)16-23(20)30/h3-11,13,16,25H,2,12,14-15,17H2,1H3,(H,32,35). The lowest BCUT2D eigenvalue weighted by molar-refractivity contribution is -0.140. The topological polar surface area (TPSA) is 49.4 Å². The van der Waals surface area contributed by atoms with Crippen LogP contribution in [0.5, 0.6) is 0 Å². The van der Waals surface area contributed by atoms with Crippen molar-refractivity contribution in [1.82, 2.24) is 10.2 Å². The number of nitrogens with zero attached hydrogens (tertiary/aromatic N) is 1. The van der Waals surface area contributed by atoms with Crippen LogP contribution in [0.25, 0.3) is 0 Å². The van der Waals surface area contributed by atoms with E-state index < -0.39 is 6.04 Å². The van der Waals surface area contributed by atoms with Crippen LogP contribution in [-0.4, -0.2) is 29.3 Å². The van der Waals surface area contributed by atoms with Gasteiger partial charge in [0.1, 0.15) is 6.04 Å². The zero-order valence-corrected chi connectivity index (χ0v) is 22.3. The van der Waals surface area contributed by atoms with E-state index in [1.807, 2.05) is 37.3 Å². The Morgan fingerprint density at radius 1 is 0.857 bits per heavy atom. The highest BCUT2D eigenvalue weighted by molar-refractivity contribution is 6.42. The maximum absolute atomic E-state index is 13.7. The average molecular weight is 552 g/mol. The SMILES string of the molecule is CCCNC(=O)C(Cc1ccccc1)N(Cc1ccc(Cl)c(Cl)c1)C(=O)Cc1ccc(Cl)cc1Cl. The molecule has 0 aromatic heterocycles. The van der Waals surface area contributed by atoms with E-state index in [2.05, 4.69) is 5.32 Å². The van der Waals surface area contributed by atoms with E-state index in [1.165, 1.54) is 0 Å². The minimum Gasteiger partial charge on any atom is -0.354 e. The third-order valence-electron chi connectivity index (χ3n) is 5.51. The van der Waals surface area contributed by atoms with Crippen molar-refractivity contribution in [2.24, 2.45) is 0 Å². The number of hydrogen-bond donors (Lipinski definition) is 1. The summed E-state index contributed by atoms with van der Waals surface area (Å²) >= 11 is 24.7.